The summed E-state index contributed by atoms with van der Waals surface area (Å²) in [5, 5.41) is 11.2. The van der Waals surface area contributed by atoms with Crippen molar-refractivity contribution in [3.05, 3.63) is 72.9 Å². The van der Waals surface area contributed by atoms with E-state index in [-0.39, 0.29) is 11.7 Å². The number of aromatic nitrogens is 6. The van der Waals surface area contributed by atoms with Gasteiger partial charge in [0.1, 0.15) is 17.3 Å². The van der Waals surface area contributed by atoms with Gasteiger partial charge < -0.3 is 15.0 Å². The number of hydrogen-bond donors (Lipinski definition) is 3. The van der Waals surface area contributed by atoms with Crippen LogP contribution < -0.4 is 10.1 Å². The Bertz CT molecular complexity index is 1840. The van der Waals surface area contributed by atoms with Crippen molar-refractivity contribution < 1.29 is 13.9 Å². The minimum atomic E-state index is -0.390. The second-order valence-corrected chi connectivity index (χ2v) is 9.11. The summed E-state index contributed by atoms with van der Waals surface area (Å²) < 4.78 is 19.5. The first-order valence-electron chi connectivity index (χ1n) is 12.5. The van der Waals surface area contributed by atoms with Gasteiger partial charge in [0.25, 0.3) is 0 Å². The highest BCUT2D eigenvalue weighted by molar-refractivity contribution is 5.98. The van der Waals surface area contributed by atoms with E-state index in [4.69, 9.17) is 9.72 Å². The number of hydrogen-bond acceptors (Lipinski definition) is 6. The van der Waals surface area contributed by atoms with Crippen molar-refractivity contribution in [1.29, 1.82) is 0 Å². The Labute approximate surface area is 222 Å². The van der Waals surface area contributed by atoms with Crippen LogP contribution in [-0.2, 0) is 4.79 Å². The largest absolute Gasteiger partial charge is 0.497 e. The second-order valence-electron chi connectivity index (χ2n) is 9.11. The van der Waals surface area contributed by atoms with Crippen molar-refractivity contribution in [2.75, 3.05) is 12.4 Å². The summed E-state index contributed by atoms with van der Waals surface area (Å²) in [5.74, 6) is 0.541. The molecular weight excluding hydrogens is 497 g/mol. The summed E-state index contributed by atoms with van der Waals surface area (Å²) in [7, 11) is 1.51. The quantitative estimate of drug-likeness (QED) is 0.233. The Hall–Kier alpha value is -5.12. The Kier molecular flexibility index (Phi) is 6.20. The maximum Gasteiger partial charge on any atom is 0.224 e. The molecule has 6 rings (SSSR count). The predicted octanol–water partition coefficient (Wildman–Crippen LogP) is 6.12. The molecule has 0 saturated heterocycles. The number of aromatic amines is 2. The highest BCUT2D eigenvalue weighted by Crippen LogP contribution is 2.34. The molecule has 4 aromatic heterocycles. The zero-order valence-corrected chi connectivity index (χ0v) is 21.2. The first-order valence-corrected chi connectivity index (χ1v) is 12.5. The fourth-order valence-corrected chi connectivity index (χ4v) is 4.57. The van der Waals surface area contributed by atoms with Crippen LogP contribution in [0.2, 0.25) is 0 Å². The number of nitrogens with zero attached hydrogens (tertiary/aromatic N) is 4. The fraction of sp³-hybridized carbons (Fsp3) is 0.138. The van der Waals surface area contributed by atoms with Gasteiger partial charge in [-0.25, -0.2) is 9.37 Å². The predicted molar refractivity (Wildman–Crippen MR) is 148 cm³/mol. The van der Waals surface area contributed by atoms with Crippen LogP contribution in [0.25, 0.3) is 55.8 Å². The molecule has 0 aliphatic rings. The number of amides is 1. The number of para-hydroxylation sites is 1. The number of imidazole rings is 1. The summed E-state index contributed by atoms with van der Waals surface area (Å²) in [6.07, 6.45) is 6.22. The molecule has 0 unspecified atom stereocenters. The molecule has 0 aliphatic heterocycles. The average molecular weight is 522 g/mol. The number of anilines is 1. The number of H-pyrrole nitrogens is 2. The van der Waals surface area contributed by atoms with E-state index in [9.17, 15) is 9.18 Å². The van der Waals surface area contributed by atoms with Crippen LogP contribution in [0.1, 0.15) is 19.8 Å². The van der Waals surface area contributed by atoms with Gasteiger partial charge in [0.2, 0.25) is 5.91 Å². The molecule has 0 atom stereocenters. The van der Waals surface area contributed by atoms with E-state index in [2.05, 4.69) is 30.5 Å². The highest BCUT2D eigenvalue weighted by Gasteiger charge is 2.17. The summed E-state index contributed by atoms with van der Waals surface area (Å²) in [6.45, 7) is 1.96. The van der Waals surface area contributed by atoms with Crippen LogP contribution in [0.4, 0.5) is 10.1 Å². The Balaban J connectivity index is 1.40. The molecular formula is C29H24FN7O2. The molecule has 0 saturated carbocycles. The Morgan fingerprint density at radius 2 is 1.95 bits per heavy atom. The molecule has 0 fully saturated rings. The topological polar surface area (TPSA) is 121 Å². The first-order chi connectivity index (χ1) is 19.0. The summed E-state index contributed by atoms with van der Waals surface area (Å²) in [4.78, 5) is 29.1. The van der Waals surface area contributed by atoms with Gasteiger partial charge in [0, 0.05) is 35.2 Å². The number of benzene rings is 2. The summed E-state index contributed by atoms with van der Waals surface area (Å²) >= 11 is 0. The average Bonchev–Trinajstić information content (AvgIpc) is 3.56. The van der Waals surface area contributed by atoms with E-state index < -0.39 is 0 Å². The Morgan fingerprint density at radius 1 is 1.05 bits per heavy atom. The van der Waals surface area contributed by atoms with Gasteiger partial charge in [-0.05, 0) is 42.3 Å². The SMILES string of the molecule is CCCC(=O)Nc1cncc(-c2cc3c(-c4nc5c(-c6cc(F)cc(OC)c6)cccc5[nH]4)n[nH]c3cn2)c1. The number of ether oxygens (including phenoxy) is 1. The lowest BCUT2D eigenvalue weighted by atomic mass is 10.0. The van der Waals surface area contributed by atoms with Crippen molar-refractivity contribution >= 4 is 33.5 Å². The molecule has 39 heavy (non-hydrogen) atoms. The third kappa shape index (κ3) is 4.68. The van der Waals surface area contributed by atoms with Crippen LogP contribution >= 0.6 is 0 Å². The van der Waals surface area contributed by atoms with Crippen LogP contribution in [0, 0.1) is 5.82 Å². The number of halogens is 1. The van der Waals surface area contributed by atoms with Crippen molar-refractivity contribution in [2.45, 2.75) is 19.8 Å². The van der Waals surface area contributed by atoms with Crippen molar-refractivity contribution in [2.24, 2.45) is 0 Å². The molecule has 0 spiro atoms. The van der Waals surface area contributed by atoms with Gasteiger partial charge in [-0.1, -0.05) is 19.1 Å². The zero-order chi connectivity index (χ0) is 26.9. The molecule has 194 valence electrons. The van der Waals surface area contributed by atoms with E-state index in [1.807, 2.05) is 37.3 Å². The van der Waals surface area contributed by atoms with Gasteiger partial charge in [0.15, 0.2) is 5.82 Å². The monoisotopic (exact) mass is 521 g/mol. The van der Waals surface area contributed by atoms with Crippen LogP contribution in [0.3, 0.4) is 0 Å². The summed E-state index contributed by atoms with van der Waals surface area (Å²) in [5.41, 5.74) is 6.30. The molecule has 3 N–H and O–H groups in total. The normalized spacial score (nSPS) is 11.3. The standard InChI is InChI=1S/C29H24FN7O2/c1-3-5-26(38)33-19-9-17(13-31-14-19)24-12-22-25(15-32-24)36-37-28(22)29-34-23-7-4-6-21(27(23)35-29)16-8-18(30)11-20(10-16)39-2/h4,6-15H,3,5H2,1-2H3,(H,33,38)(H,34,35)(H,36,37). The van der Waals surface area contributed by atoms with E-state index in [1.54, 1.807) is 24.7 Å². The summed E-state index contributed by atoms with van der Waals surface area (Å²) in [6, 6.07) is 14.0. The number of pyridine rings is 2. The van der Waals surface area contributed by atoms with Gasteiger partial charge >= 0.3 is 0 Å². The van der Waals surface area contributed by atoms with Gasteiger partial charge in [-0.2, -0.15) is 5.10 Å². The Morgan fingerprint density at radius 3 is 2.79 bits per heavy atom. The molecule has 10 heteroatoms. The lowest BCUT2D eigenvalue weighted by molar-refractivity contribution is -0.116. The molecule has 6 aromatic rings. The van der Waals surface area contributed by atoms with Crippen LogP contribution in [-0.4, -0.2) is 43.2 Å². The highest BCUT2D eigenvalue weighted by atomic mass is 19.1. The van der Waals surface area contributed by atoms with E-state index >= 15 is 0 Å². The number of rotatable bonds is 7. The van der Waals surface area contributed by atoms with Gasteiger partial charge in [-0.15, -0.1) is 0 Å². The third-order valence-electron chi connectivity index (χ3n) is 6.40. The molecule has 0 bridgehead atoms. The molecule has 0 aliphatic carbocycles. The lowest BCUT2D eigenvalue weighted by Crippen LogP contribution is -2.10. The fourth-order valence-electron chi connectivity index (χ4n) is 4.57. The van der Waals surface area contributed by atoms with Gasteiger partial charge in [-0.3, -0.25) is 19.9 Å². The molecule has 0 radical (unpaired) electrons. The lowest BCUT2D eigenvalue weighted by Gasteiger charge is -2.06. The number of carbonyl (C=O) groups is 1. The maximum absolute atomic E-state index is 14.2. The number of fused-ring (bicyclic) bond motifs is 2. The zero-order valence-electron chi connectivity index (χ0n) is 21.2. The van der Waals surface area contributed by atoms with Crippen molar-refractivity contribution in [1.82, 2.24) is 30.1 Å². The molecule has 4 heterocycles. The van der Waals surface area contributed by atoms with E-state index in [0.29, 0.717) is 46.2 Å². The second kappa shape index (κ2) is 9.97. The number of nitrogens with one attached hydrogen (secondary N) is 3. The van der Waals surface area contributed by atoms with Crippen LogP contribution in [0.15, 0.2) is 67.1 Å². The minimum Gasteiger partial charge on any atom is -0.497 e. The smallest absolute Gasteiger partial charge is 0.224 e. The maximum atomic E-state index is 14.2. The van der Waals surface area contributed by atoms with E-state index in [1.165, 1.54) is 19.2 Å². The van der Waals surface area contributed by atoms with E-state index in [0.717, 1.165) is 34.0 Å². The van der Waals surface area contributed by atoms with Gasteiger partial charge in [0.05, 0.1) is 47.4 Å². The third-order valence-corrected chi connectivity index (χ3v) is 6.40. The van der Waals surface area contributed by atoms with Crippen molar-refractivity contribution in [3.63, 3.8) is 0 Å². The minimum absolute atomic E-state index is 0.0575. The first kappa shape index (κ1) is 24.2. The molecule has 1 amide bonds. The molecule has 2 aromatic carbocycles. The van der Waals surface area contributed by atoms with Crippen LogP contribution in [0.5, 0.6) is 5.75 Å². The number of carbonyl (C=O) groups excluding carboxylic acids is 1. The number of methoxy groups -OCH3 is 1. The van der Waals surface area contributed by atoms with Crippen molar-refractivity contribution in [3.8, 4) is 39.7 Å². The molecule has 9 nitrogen and oxygen atoms in total.